The third-order valence-electron chi connectivity index (χ3n) is 4.27. The second-order valence-corrected chi connectivity index (χ2v) is 5.56. The molecule has 0 amide bonds. The largest absolute Gasteiger partial charge is 0.381 e. The zero-order chi connectivity index (χ0) is 12.3. The van der Waals surface area contributed by atoms with E-state index in [4.69, 9.17) is 14.2 Å². The number of hydrogen-bond acceptors (Lipinski definition) is 5. The highest BCUT2D eigenvalue weighted by atomic mass is 16.5. The molecule has 1 N–H and O–H groups in total. The molecule has 3 aliphatic rings. The molecular weight excluding hydrogens is 232 g/mol. The number of morpholine rings is 1. The van der Waals surface area contributed by atoms with Crippen molar-refractivity contribution >= 4 is 0 Å². The molecule has 5 nitrogen and oxygen atoms in total. The number of ether oxygens (including phenoxy) is 3. The van der Waals surface area contributed by atoms with Crippen LogP contribution < -0.4 is 5.43 Å². The lowest BCUT2D eigenvalue weighted by Gasteiger charge is -2.44. The highest BCUT2D eigenvalue weighted by molar-refractivity contribution is 4.91. The molecular formula is C13H24N2O3. The van der Waals surface area contributed by atoms with Gasteiger partial charge in [0.05, 0.1) is 18.8 Å². The van der Waals surface area contributed by atoms with Gasteiger partial charge in [-0.3, -0.25) is 5.43 Å². The fourth-order valence-corrected chi connectivity index (χ4v) is 3.18. The topological polar surface area (TPSA) is 43.0 Å². The average molecular weight is 256 g/mol. The molecule has 3 fully saturated rings. The van der Waals surface area contributed by atoms with E-state index in [1.54, 1.807) is 0 Å². The average Bonchev–Trinajstić information content (AvgIpc) is 2.41. The summed E-state index contributed by atoms with van der Waals surface area (Å²) in [5.74, 6) is 0. The van der Waals surface area contributed by atoms with Crippen LogP contribution in [0.2, 0.25) is 0 Å². The van der Waals surface area contributed by atoms with E-state index >= 15 is 0 Å². The van der Waals surface area contributed by atoms with Gasteiger partial charge in [-0.25, -0.2) is 5.01 Å². The smallest absolute Gasteiger partial charge is 0.0741 e. The van der Waals surface area contributed by atoms with Gasteiger partial charge in [-0.15, -0.1) is 0 Å². The van der Waals surface area contributed by atoms with Crippen molar-refractivity contribution in [3.8, 4) is 0 Å². The Balaban J connectivity index is 1.52. The molecule has 0 aromatic rings. The van der Waals surface area contributed by atoms with Gasteiger partial charge < -0.3 is 14.2 Å². The molecule has 1 spiro atoms. The van der Waals surface area contributed by atoms with Crippen LogP contribution >= 0.6 is 0 Å². The van der Waals surface area contributed by atoms with Crippen molar-refractivity contribution in [2.45, 2.75) is 37.3 Å². The van der Waals surface area contributed by atoms with E-state index < -0.39 is 0 Å². The van der Waals surface area contributed by atoms with E-state index in [2.05, 4.69) is 10.4 Å². The first-order valence-corrected chi connectivity index (χ1v) is 7.17. The molecule has 3 saturated heterocycles. The quantitative estimate of drug-likeness (QED) is 0.781. The van der Waals surface area contributed by atoms with E-state index in [9.17, 15) is 0 Å². The van der Waals surface area contributed by atoms with Crippen molar-refractivity contribution in [2.75, 3.05) is 46.1 Å². The van der Waals surface area contributed by atoms with Crippen molar-refractivity contribution in [1.82, 2.24) is 10.4 Å². The first-order chi connectivity index (χ1) is 8.86. The summed E-state index contributed by atoms with van der Waals surface area (Å²) < 4.78 is 16.9. The van der Waals surface area contributed by atoms with Crippen LogP contribution in [0.25, 0.3) is 0 Å². The van der Waals surface area contributed by atoms with Crippen LogP contribution in [-0.2, 0) is 14.2 Å². The van der Waals surface area contributed by atoms with Gasteiger partial charge in [0.15, 0.2) is 0 Å². The summed E-state index contributed by atoms with van der Waals surface area (Å²) in [4.78, 5) is 0. The van der Waals surface area contributed by atoms with Gasteiger partial charge in [-0.2, -0.15) is 0 Å². The predicted molar refractivity (Wildman–Crippen MR) is 67.3 cm³/mol. The van der Waals surface area contributed by atoms with E-state index in [1.807, 2.05) is 0 Å². The lowest BCUT2D eigenvalue weighted by molar-refractivity contribution is -0.146. The van der Waals surface area contributed by atoms with E-state index in [0.717, 1.165) is 71.8 Å². The molecule has 1 atom stereocenters. The second-order valence-electron chi connectivity index (χ2n) is 5.56. The van der Waals surface area contributed by atoms with Gasteiger partial charge in [-0.1, -0.05) is 0 Å². The fraction of sp³-hybridized carbons (Fsp3) is 1.00. The van der Waals surface area contributed by atoms with Gasteiger partial charge in [-0.05, 0) is 25.7 Å². The zero-order valence-electron chi connectivity index (χ0n) is 11.0. The number of nitrogens with zero attached hydrogens (tertiary/aromatic N) is 1. The first kappa shape index (κ1) is 12.8. The number of rotatable bonds is 2. The van der Waals surface area contributed by atoms with Crippen LogP contribution in [0, 0.1) is 0 Å². The summed E-state index contributed by atoms with van der Waals surface area (Å²) in [7, 11) is 0. The van der Waals surface area contributed by atoms with Crippen LogP contribution in [-0.4, -0.2) is 62.8 Å². The minimum Gasteiger partial charge on any atom is -0.381 e. The summed E-state index contributed by atoms with van der Waals surface area (Å²) in [6.07, 6.45) is 4.33. The molecule has 0 aromatic carbocycles. The first-order valence-electron chi connectivity index (χ1n) is 7.17. The fourth-order valence-electron chi connectivity index (χ4n) is 3.18. The molecule has 0 aliphatic carbocycles. The minimum atomic E-state index is 0.0838. The molecule has 0 aromatic heterocycles. The Morgan fingerprint density at radius 2 is 1.67 bits per heavy atom. The van der Waals surface area contributed by atoms with Crippen LogP contribution in [0.1, 0.15) is 25.7 Å². The lowest BCUT2D eigenvalue weighted by Crippen LogP contribution is -2.56. The molecule has 3 rings (SSSR count). The normalized spacial score (nSPS) is 33.7. The summed E-state index contributed by atoms with van der Waals surface area (Å²) in [6.45, 7) is 6.25. The molecule has 5 heteroatoms. The Morgan fingerprint density at radius 1 is 0.944 bits per heavy atom. The maximum Gasteiger partial charge on any atom is 0.0741 e. The maximum absolute atomic E-state index is 6.06. The van der Waals surface area contributed by atoms with Crippen molar-refractivity contribution in [3.05, 3.63) is 0 Å². The summed E-state index contributed by atoms with van der Waals surface area (Å²) >= 11 is 0. The van der Waals surface area contributed by atoms with Gasteiger partial charge in [0.1, 0.15) is 0 Å². The monoisotopic (exact) mass is 256 g/mol. The Labute approximate surface area is 109 Å². The number of hydrogen-bond donors (Lipinski definition) is 1. The van der Waals surface area contributed by atoms with E-state index in [1.165, 1.54) is 0 Å². The van der Waals surface area contributed by atoms with Gasteiger partial charge in [0, 0.05) is 39.0 Å². The second kappa shape index (κ2) is 5.84. The van der Waals surface area contributed by atoms with Crippen molar-refractivity contribution < 1.29 is 14.2 Å². The van der Waals surface area contributed by atoms with E-state index in [-0.39, 0.29) is 5.60 Å². The van der Waals surface area contributed by atoms with Gasteiger partial charge in [0.25, 0.3) is 0 Å². The van der Waals surface area contributed by atoms with Crippen LogP contribution in [0.5, 0.6) is 0 Å². The SMILES string of the molecule is C1CN(NC2CCOC3(CCOCC3)C2)CCO1. The standard InChI is InChI=1S/C13H24N2O3/c1-6-18-13(2-7-16-8-3-13)11-12(1)14-15-4-9-17-10-5-15/h12,14H,1-11H2. The molecule has 3 aliphatic heterocycles. The van der Waals surface area contributed by atoms with Crippen molar-refractivity contribution in [1.29, 1.82) is 0 Å². The third kappa shape index (κ3) is 3.03. The number of hydrazine groups is 1. The third-order valence-corrected chi connectivity index (χ3v) is 4.27. The zero-order valence-corrected chi connectivity index (χ0v) is 11.0. The van der Waals surface area contributed by atoms with Gasteiger partial charge in [0.2, 0.25) is 0 Å². The Hall–Kier alpha value is -0.200. The maximum atomic E-state index is 6.06. The van der Waals surface area contributed by atoms with Gasteiger partial charge >= 0.3 is 0 Å². The van der Waals surface area contributed by atoms with Crippen molar-refractivity contribution in [2.24, 2.45) is 0 Å². The van der Waals surface area contributed by atoms with Crippen LogP contribution in [0.15, 0.2) is 0 Å². The Kier molecular flexibility index (Phi) is 4.16. The van der Waals surface area contributed by atoms with Crippen LogP contribution in [0.4, 0.5) is 0 Å². The molecule has 18 heavy (non-hydrogen) atoms. The van der Waals surface area contributed by atoms with Crippen molar-refractivity contribution in [3.63, 3.8) is 0 Å². The summed E-state index contributed by atoms with van der Waals surface area (Å²) in [5, 5.41) is 2.31. The summed E-state index contributed by atoms with van der Waals surface area (Å²) in [5.41, 5.74) is 3.75. The summed E-state index contributed by atoms with van der Waals surface area (Å²) in [6, 6.07) is 0.551. The number of nitrogens with one attached hydrogen (secondary N) is 1. The molecule has 3 heterocycles. The highest BCUT2D eigenvalue weighted by Gasteiger charge is 2.39. The Morgan fingerprint density at radius 3 is 2.44 bits per heavy atom. The minimum absolute atomic E-state index is 0.0838. The molecule has 0 saturated carbocycles. The highest BCUT2D eigenvalue weighted by Crippen LogP contribution is 2.34. The molecule has 0 radical (unpaired) electrons. The van der Waals surface area contributed by atoms with E-state index in [0.29, 0.717) is 6.04 Å². The lowest BCUT2D eigenvalue weighted by atomic mass is 9.84. The molecule has 1 unspecified atom stereocenters. The molecule has 0 bridgehead atoms. The molecule has 104 valence electrons. The Bertz CT molecular complexity index is 257. The van der Waals surface area contributed by atoms with Crippen LogP contribution in [0.3, 0.4) is 0 Å². The predicted octanol–water partition coefficient (Wildman–Crippen LogP) is 0.551.